The Kier molecular flexibility index (Phi) is 5.84. The monoisotopic (exact) mass is 340 g/mol. The van der Waals surface area contributed by atoms with Gasteiger partial charge in [0.2, 0.25) is 0 Å². The van der Waals surface area contributed by atoms with Crippen molar-refractivity contribution < 1.29 is 9.13 Å². The first-order valence-electron chi connectivity index (χ1n) is 8.76. The van der Waals surface area contributed by atoms with Crippen LogP contribution in [0.2, 0.25) is 0 Å². The number of aromatic nitrogens is 1. The van der Waals surface area contributed by atoms with Crippen molar-refractivity contribution in [2.24, 2.45) is 0 Å². The number of ether oxygens (including phenoxy) is 1. The molecule has 0 saturated carbocycles. The van der Waals surface area contributed by atoms with Crippen LogP contribution in [0.4, 0.5) is 4.39 Å². The van der Waals surface area contributed by atoms with Crippen molar-refractivity contribution in [1.29, 1.82) is 0 Å². The smallest absolute Gasteiger partial charge is 0.123 e. The molecule has 4 heteroatoms. The topological polar surface area (TPSA) is 26.2 Å². The van der Waals surface area contributed by atoms with E-state index in [4.69, 9.17) is 4.74 Å². The number of halogens is 1. The minimum Gasteiger partial charge on any atom is -0.375 e. The molecule has 0 saturated heterocycles. The quantitative estimate of drug-likeness (QED) is 0.617. The highest BCUT2D eigenvalue weighted by Crippen LogP contribution is 2.22. The molecule has 1 aromatic heterocycles. The molecular weight excluding hydrogens is 315 g/mol. The van der Waals surface area contributed by atoms with Crippen molar-refractivity contribution >= 4 is 10.9 Å². The SMILES string of the molecule is CC(C)NCCOCc1cccc2c1ccn2Cc1ccc(F)cc1. The van der Waals surface area contributed by atoms with E-state index in [0.29, 0.717) is 19.3 Å². The van der Waals surface area contributed by atoms with E-state index in [2.05, 4.69) is 54.2 Å². The molecule has 0 aliphatic heterocycles. The second kappa shape index (κ2) is 8.28. The lowest BCUT2D eigenvalue weighted by Crippen LogP contribution is -2.26. The van der Waals surface area contributed by atoms with Gasteiger partial charge in [-0.25, -0.2) is 4.39 Å². The van der Waals surface area contributed by atoms with Gasteiger partial charge in [0, 0.05) is 36.2 Å². The van der Waals surface area contributed by atoms with Crippen LogP contribution in [0.15, 0.2) is 54.7 Å². The standard InChI is InChI=1S/C21H25FN2O/c1-16(2)23-11-13-25-15-18-4-3-5-21-20(18)10-12-24(21)14-17-6-8-19(22)9-7-17/h3-10,12,16,23H,11,13-15H2,1-2H3. The maximum Gasteiger partial charge on any atom is 0.123 e. The van der Waals surface area contributed by atoms with Crippen LogP contribution in [0.25, 0.3) is 10.9 Å². The number of nitrogens with zero attached hydrogens (tertiary/aromatic N) is 1. The van der Waals surface area contributed by atoms with Crippen LogP contribution in [0, 0.1) is 5.82 Å². The van der Waals surface area contributed by atoms with Gasteiger partial charge in [0.15, 0.2) is 0 Å². The Hall–Kier alpha value is -2.17. The molecule has 0 bridgehead atoms. The van der Waals surface area contributed by atoms with Crippen LogP contribution in [-0.2, 0) is 17.9 Å². The Labute approximate surface area is 148 Å². The van der Waals surface area contributed by atoms with E-state index < -0.39 is 0 Å². The predicted octanol–water partition coefficient (Wildman–Crippen LogP) is 4.34. The summed E-state index contributed by atoms with van der Waals surface area (Å²) < 4.78 is 21.1. The average Bonchev–Trinajstić information content (AvgIpc) is 3.00. The number of hydrogen-bond acceptors (Lipinski definition) is 2. The molecule has 3 aromatic rings. The summed E-state index contributed by atoms with van der Waals surface area (Å²) in [5.41, 5.74) is 3.45. The third-order valence-electron chi connectivity index (χ3n) is 4.23. The van der Waals surface area contributed by atoms with Gasteiger partial charge in [-0.05, 0) is 35.4 Å². The second-order valence-electron chi connectivity index (χ2n) is 6.58. The highest BCUT2D eigenvalue weighted by Gasteiger charge is 2.06. The van der Waals surface area contributed by atoms with Crippen LogP contribution in [0.5, 0.6) is 0 Å². The first-order valence-corrected chi connectivity index (χ1v) is 8.76. The number of rotatable bonds is 8. The predicted molar refractivity (Wildman–Crippen MR) is 100 cm³/mol. The lowest BCUT2D eigenvalue weighted by Gasteiger charge is -2.10. The molecule has 0 atom stereocenters. The molecule has 1 heterocycles. The summed E-state index contributed by atoms with van der Waals surface area (Å²) in [6.45, 7) is 7.16. The Morgan fingerprint density at radius 3 is 2.64 bits per heavy atom. The van der Waals surface area contributed by atoms with Gasteiger partial charge in [0.05, 0.1) is 13.2 Å². The molecule has 0 spiro atoms. The van der Waals surface area contributed by atoms with Crippen molar-refractivity contribution in [3.63, 3.8) is 0 Å². The molecule has 25 heavy (non-hydrogen) atoms. The fourth-order valence-electron chi connectivity index (χ4n) is 2.94. The molecule has 1 N–H and O–H groups in total. The number of hydrogen-bond donors (Lipinski definition) is 1. The summed E-state index contributed by atoms with van der Waals surface area (Å²) in [5, 5.41) is 4.56. The minimum atomic E-state index is -0.201. The molecule has 0 aliphatic rings. The van der Waals surface area contributed by atoms with E-state index in [1.165, 1.54) is 28.6 Å². The Balaban J connectivity index is 1.68. The molecule has 3 rings (SSSR count). The van der Waals surface area contributed by atoms with Gasteiger partial charge < -0.3 is 14.6 Å². The van der Waals surface area contributed by atoms with E-state index in [9.17, 15) is 4.39 Å². The molecule has 3 nitrogen and oxygen atoms in total. The second-order valence-corrected chi connectivity index (χ2v) is 6.58. The van der Waals surface area contributed by atoms with Crippen molar-refractivity contribution in [3.05, 3.63) is 71.7 Å². The van der Waals surface area contributed by atoms with Gasteiger partial charge in [0.1, 0.15) is 5.82 Å². The lowest BCUT2D eigenvalue weighted by atomic mass is 10.1. The number of fused-ring (bicyclic) bond motifs is 1. The Morgan fingerprint density at radius 1 is 1.08 bits per heavy atom. The molecule has 0 unspecified atom stereocenters. The lowest BCUT2D eigenvalue weighted by molar-refractivity contribution is 0.122. The molecule has 0 aliphatic carbocycles. The molecule has 0 amide bonds. The van der Waals surface area contributed by atoms with Crippen LogP contribution >= 0.6 is 0 Å². The number of benzene rings is 2. The molecular formula is C21H25FN2O. The van der Waals surface area contributed by atoms with E-state index in [1.54, 1.807) is 0 Å². The van der Waals surface area contributed by atoms with E-state index in [0.717, 1.165) is 18.7 Å². The molecule has 2 aromatic carbocycles. The maximum absolute atomic E-state index is 13.1. The normalized spacial score (nSPS) is 11.5. The van der Waals surface area contributed by atoms with Crippen molar-refractivity contribution in [3.8, 4) is 0 Å². The summed E-state index contributed by atoms with van der Waals surface area (Å²) >= 11 is 0. The Morgan fingerprint density at radius 2 is 1.88 bits per heavy atom. The zero-order chi connectivity index (χ0) is 17.6. The highest BCUT2D eigenvalue weighted by atomic mass is 19.1. The van der Waals surface area contributed by atoms with Crippen LogP contribution in [-0.4, -0.2) is 23.8 Å². The van der Waals surface area contributed by atoms with Gasteiger partial charge in [-0.15, -0.1) is 0 Å². The summed E-state index contributed by atoms with van der Waals surface area (Å²) in [6, 6.07) is 15.6. The molecule has 0 fully saturated rings. The van der Waals surface area contributed by atoms with E-state index >= 15 is 0 Å². The first kappa shape index (κ1) is 17.6. The van der Waals surface area contributed by atoms with E-state index in [-0.39, 0.29) is 5.82 Å². The number of nitrogens with one attached hydrogen (secondary N) is 1. The third-order valence-corrected chi connectivity index (χ3v) is 4.23. The maximum atomic E-state index is 13.1. The molecule has 0 radical (unpaired) electrons. The minimum absolute atomic E-state index is 0.201. The van der Waals surface area contributed by atoms with Gasteiger partial charge in [-0.2, -0.15) is 0 Å². The summed E-state index contributed by atoms with van der Waals surface area (Å²) in [4.78, 5) is 0. The molecule has 132 valence electrons. The summed E-state index contributed by atoms with van der Waals surface area (Å²) in [5.74, 6) is -0.201. The first-order chi connectivity index (χ1) is 12.1. The Bertz CT molecular complexity index is 808. The zero-order valence-electron chi connectivity index (χ0n) is 14.8. The zero-order valence-corrected chi connectivity index (χ0v) is 14.8. The summed E-state index contributed by atoms with van der Waals surface area (Å²) in [7, 11) is 0. The van der Waals surface area contributed by atoms with E-state index in [1.807, 2.05) is 12.1 Å². The summed E-state index contributed by atoms with van der Waals surface area (Å²) in [6.07, 6.45) is 2.08. The van der Waals surface area contributed by atoms with Crippen molar-refractivity contribution in [2.45, 2.75) is 33.0 Å². The largest absolute Gasteiger partial charge is 0.375 e. The fourth-order valence-corrected chi connectivity index (χ4v) is 2.94. The third kappa shape index (κ3) is 4.68. The van der Waals surface area contributed by atoms with Gasteiger partial charge >= 0.3 is 0 Å². The van der Waals surface area contributed by atoms with Crippen LogP contribution in [0.3, 0.4) is 0 Å². The van der Waals surface area contributed by atoms with Crippen molar-refractivity contribution in [2.75, 3.05) is 13.2 Å². The van der Waals surface area contributed by atoms with Crippen LogP contribution in [0.1, 0.15) is 25.0 Å². The highest BCUT2D eigenvalue weighted by molar-refractivity contribution is 5.83. The fraction of sp³-hybridized carbons (Fsp3) is 0.333. The van der Waals surface area contributed by atoms with Gasteiger partial charge in [-0.1, -0.05) is 38.1 Å². The van der Waals surface area contributed by atoms with Crippen LogP contribution < -0.4 is 5.32 Å². The van der Waals surface area contributed by atoms with Gasteiger partial charge in [-0.3, -0.25) is 0 Å². The van der Waals surface area contributed by atoms with Crippen molar-refractivity contribution in [1.82, 2.24) is 9.88 Å². The average molecular weight is 340 g/mol. The van der Waals surface area contributed by atoms with Gasteiger partial charge in [0.25, 0.3) is 0 Å².